The zero-order chi connectivity index (χ0) is 14.9. The van der Waals surface area contributed by atoms with Crippen molar-refractivity contribution < 1.29 is 13.5 Å². The lowest BCUT2D eigenvalue weighted by molar-refractivity contribution is 0.407. The summed E-state index contributed by atoms with van der Waals surface area (Å²) in [4.78, 5) is 0. The van der Waals surface area contributed by atoms with Crippen molar-refractivity contribution in [3.05, 3.63) is 64.2 Å². The van der Waals surface area contributed by atoms with Crippen LogP contribution in [0.2, 0.25) is 0 Å². The van der Waals surface area contributed by atoms with Crippen LogP contribution in [-0.2, 0) is 0 Å². The SMILES string of the molecule is COc1ccc(C)cc1C(N)c1cc(C)c(F)cc1F. The number of halogens is 2. The van der Waals surface area contributed by atoms with Crippen LogP contribution in [0.3, 0.4) is 0 Å². The smallest absolute Gasteiger partial charge is 0.131 e. The van der Waals surface area contributed by atoms with E-state index in [-0.39, 0.29) is 5.56 Å². The average Bonchev–Trinajstić information content (AvgIpc) is 2.42. The molecule has 1 unspecified atom stereocenters. The van der Waals surface area contributed by atoms with Crippen molar-refractivity contribution in [3.63, 3.8) is 0 Å². The second kappa shape index (κ2) is 5.59. The molecule has 0 heterocycles. The van der Waals surface area contributed by atoms with Crippen molar-refractivity contribution in [2.75, 3.05) is 7.11 Å². The van der Waals surface area contributed by atoms with Crippen molar-refractivity contribution in [1.82, 2.24) is 0 Å². The maximum absolute atomic E-state index is 13.9. The normalized spacial score (nSPS) is 12.3. The van der Waals surface area contributed by atoms with Gasteiger partial charge >= 0.3 is 0 Å². The predicted molar refractivity (Wildman–Crippen MR) is 74.9 cm³/mol. The first-order chi connectivity index (χ1) is 9.43. The molecule has 2 aromatic carbocycles. The number of rotatable bonds is 3. The summed E-state index contributed by atoms with van der Waals surface area (Å²) in [6.07, 6.45) is 0. The van der Waals surface area contributed by atoms with Crippen molar-refractivity contribution >= 4 is 0 Å². The standard InChI is InChI=1S/C16H17F2NO/c1-9-4-5-15(20-3)12(6-9)16(19)11-7-10(2)13(17)8-14(11)18/h4-8,16H,19H2,1-3H3. The third-order valence-corrected chi connectivity index (χ3v) is 3.33. The molecule has 0 radical (unpaired) electrons. The average molecular weight is 277 g/mol. The summed E-state index contributed by atoms with van der Waals surface area (Å²) < 4.78 is 32.5. The van der Waals surface area contributed by atoms with E-state index in [9.17, 15) is 8.78 Å². The van der Waals surface area contributed by atoms with Gasteiger partial charge < -0.3 is 10.5 Å². The van der Waals surface area contributed by atoms with Crippen LogP contribution in [0.25, 0.3) is 0 Å². The lowest BCUT2D eigenvalue weighted by Crippen LogP contribution is -2.15. The Hall–Kier alpha value is -1.94. The fraction of sp³-hybridized carbons (Fsp3) is 0.250. The molecule has 2 rings (SSSR count). The van der Waals surface area contributed by atoms with Crippen LogP contribution in [0.5, 0.6) is 5.75 Å². The molecule has 0 saturated heterocycles. The largest absolute Gasteiger partial charge is 0.496 e. The first-order valence-corrected chi connectivity index (χ1v) is 6.29. The molecule has 106 valence electrons. The van der Waals surface area contributed by atoms with Gasteiger partial charge in [0.2, 0.25) is 0 Å². The number of benzene rings is 2. The lowest BCUT2D eigenvalue weighted by Gasteiger charge is -2.18. The highest BCUT2D eigenvalue weighted by molar-refractivity contribution is 5.44. The molecule has 0 aliphatic rings. The van der Waals surface area contributed by atoms with Crippen LogP contribution >= 0.6 is 0 Å². The third-order valence-electron chi connectivity index (χ3n) is 3.33. The summed E-state index contributed by atoms with van der Waals surface area (Å²) in [5.41, 5.74) is 8.43. The van der Waals surface area contributed by atoms with Crippen molar-refractivity contribution in [3.8, 4) is 5.75 Å². The minimum absolute atomic E-state index is 0.257. The van der Waals surface area contributed by atoms with Gasteiger partial charge in [0, 0.05) is 17.2 Å². The molecule has 0 fully saturated rings. The Balaban J connectivity index is 2.54. The molecule has 0 aliphatic carbocycles. The van der Waals surface area contributed by atoms with Gasteiger partial charge in [-0.25, -0.2) is 8.78 Å². The Labute approximate surface area is 117 Å². The molecule has 0 bridgehead atoms. The van der Waals surface area contributed by atoms with Gasteiger partial charge in [0.05, 0.1) is 13.2 Å². The number of ether oxygens (including phenoxy) is 1. The predicted octanol–water partition coefficient (Wildman–Crippen LogP) is 3.64. The van der Waals surface area contributed by atoms with E-state index in [1.54, 1.807) is 13.0 Å². The van der Waals surface area contributed by atoms with E-state index in [2.05, 4.69) is 0 Å². The second-order valence-electron chi connectivity index (χ2n) is 4.85. The quantitative estimate of drug-likeness (QED) is 0.929. The van der Waals surface area contributed by atoms with Crippen LogP contribution in [0.4, 0.5) is 8.78 Å². The molecule has 0 saturated carbocycles. The topological polar surface area (TPSA) is 35.2 Å². The highest BCUT2D eigenvalue weighted by Crippen LogP contribution is 2.31. The second-order valence-corrected chi connectivity index (χ2v) is 4.85. The summed E-state index contributed by atoms with van der Waals surface area (Å²) in [5.74, 6) is -0.636. The molecular weight excluding hydrogens is 260 g/mol. The first-order valence-electron chi connectivity index (χ1n) is 6.29. The van der Waals surface area contributed by atoms with E-state index >= 15 is 0 Å². The fourth-order valence-electron chi connectivity index (χ4n) is 2.18. The fourth-order valence-corrected chi connectivity index (χ4v) is 2.18. The first kappa shape index (κ1) is 14.5. The maximum atomic E-state index is 13.9. The summed E-state index contributed by atoms with van der Waals surface area (Å²) >= 11 is 0. The zero-order valence-corrected chi connectivity index (χ0v) is 11.7. The van der Waals surface area contributed by atoms with E-state index in [0.717, 1.165) is 11.6 Å². The number of hydrogen-bond donors (Lipinski definition) is 1. The number of hydrogen-bond acceptors (Lipinski definition) is 2. The Morgan fingerprint density at radius 2 is 1.70 bits per heavy atom. The highest BCUT2D eigenvalue weighted by atomic mass is 19.1. The zero-order valence-electron chi connectivity index (χ0n) is 11.7. The van der Waals surface area contributed by atoms with Crippen LogP contribution in [0.1, 0.15) is 28.3 Å². The van der Waals surface area contributed by atoms with Crippen LogP contribution in [0.15, 0.2) is 30.3 Å². The van der Waals surface area contributed by atoms with Crippen LogP contribution < -0.4 is 10.5 Å². The summed E-state index contributed by atoms with van der Waals surface area (Å²) in [5, 5.41) is 0. The lowest BCUT2D eigenvalue weighted by atomic mass is 9.95. The van der Waals surface area contributed by atoms with Gasteiger partial charge in [0.1, 0.15) is 17.4 Å². The van der Waals surface area contributed by atoms with Gasteiger partial charge in [-0.05, 0) is 31.5 Å². The minimum atomic E-state index is -0.704. The molecule has 2 N–H and O–H groups in total. The summed E-state index contributed by atoms with van der Waals surface area (Å²) in [6, 6.07) is 7.13. The van der Waals surface area contributed by atoms with Gasteiger partial charge in [-0.15, -0.1) is 0 Å². The van der Waals surface area contributed by atoms with Gasteiger partial charge in [0.15, 0.2) is 0 Å². The Morgan fingerprint density at radius 3 is 2.35 bits per heavy atom. The molecule has 0 amide bonds. The molecule has 0 aromatic heterocycles. The molecular formula is C16H17F2NO. The van der Waals surface area contributed by atoms with Gasteiger partial charge in [-0.2, -0.15) is 0 Å². The molecule has 0 aliphatic heterocycles. The molecule has 1 atom stereocenters. The third kappa shape index (κ3) is 2.65. The van der Waals surface area contributed by atoms with E-state index < -0.39 is 17.7 Å². The van der Waals surface area contributed by atoms with Crippen LogP contribution in [-0.4, -0.2) is 7.11 Å². The summed E-state index contributed by atoms with van der Waals surface area (Å²) in [6.45, 7) is 3.50. The molecule has 2 nitrogen and oxygen atoms in total. The Kier molecular flexibility index (Phi) is 4.04. The van der Waals surface area contributed by atoms with E-state index in [4.69, 9.17) is 10.5 Å². The molecule has 0 spiro atoms. The maximum Gasteiger partial charge on any atom is 0.131 e. The molecule has 4 heteroatoms. The molecule has 2 aromatic rings. The highest BCUT2D eigenvalue weighted by Gasteiger charge is 2.19. The van der Waals surface area contributed by atoms with Gasteiger partial charge in [-0.1, -0.05) is 17.7 Å². The number of aryl methyl sites for hydroxylation is 2. The Morgan fingerprint density at radius 1 is 1.00 bits per heavy atom. The van der Waals surface area contributed by atoms with Crippen molar-refractivity contribution in [2.24, 2.45) is 5.73 Å². The minimum Gasteiger partial charge on any atom is -0.496 e. The number of methoxy groups -OCH3 is 1. The van der Waals surface area contributed by atoms with E-state index in [1.165, 1.54) is 13.2 Å². The van der Waals surface area contributed by atoms with Gasteiger partial charge in [0.25, 0.3) is 0 Å². The van der Waals surface area contributed by atoms with E-state index in [0.29, 0.717) is 16.9 Å². The van der Waals surface area contributed by atoms with Crippen LogP contribution in [0, 0.1) is 25.5 Å². The Bertz CT molecular complexity index is 641. The van der Waals surface area contributed by atoms with Gasteiger partial charge in [-0.3, -0.25) is 0 Å². The van der Waals surface area contributed by atoms with Crippen molar-refractivity contribution in [2.45, 2.75) is 19.9 Å². The monoisotopic (exact) mass is 277 g/mol. The summed E-state index contributed by atoms with van der Waals surface area (Å²) in [7, 11) is 1.53. The number of nitrogens with two attached hydrogens (primary N) is 1. The van der Waals surface area contributed by atoms with E-state index in [1.807, 2.05) is 19.1 Å². The molecule has 20 heavy (non-hydrogen) atoms. The van der Waals surface area contributed by atoms with Crippen molar-refractivity contribution in [1.29, 1.82) is 0 Å².